The van der Waals surface area contributed by atoms with Gasteiger partial charge in [0, 0.05) is 11.4 Å². The molecule has 0 aliphatic heterocycles. The molecule has 1 unspecified atom stereocenters. The van der Waals surface area contributed by atoms with Gasteiger partial charge in [-0.05, 0) is 55.8 Å². The molecule has 0 bridgehead atoms. The molecular weight excluding hydrogens is 551 g/mol. The van der Waals surface area contributed by atoms with Crippen molar-refractivity contribution in [2.75, 3.05) is 5.32 Å². The number of halogens is 2. The Balaban J connectivity index is 1.64. The topological polar surface area (TPSA) is 93.9 Å². The number of anilines is 1. The van der Waals surface area contributed by atoms with Gasteiger partial charge in [-0.3, -0.25) is 9.36 Å². The molecule has 0 aliphatic rings. The molecule has 1 heterocycles. The molecule has 11 heteroatoms. The molecule has 3 aromatic carbocycles. The van der Waals surface area contributed by atoms with E-state index in [1.54, 1.807) is 47.0 Å². The predicted octanol–water partition coefficient (Wildman–Crippen LogP) is 6.37. The first-order valence-electron chi connectivity index (χ1n) is 11.4. The molecule has 192 valence electrons. The quantitative estimate of drug-likeness (QED) is 0.233. The number of nitrogens with zero attached hydrogens (tertiary/aromatic N) is 3. The minimum Gasteiger partial charge on any atom is -0.325 e. The first-order chi connectivity index (χ1) is 17.7. The first-order valence-corrected chi connectivity index (χ1v) is 14.7. The van der Waals surface area contributed by atoms with Crippen molar-refractivity contribution in [1.29, 1.82) is 0 Å². The Morgan fingerprint density at radius 2 is 1.70 bits per heavy atom. The Hall–Kier alpha value is -2.85. The van der Waals surface area contributed by atoms with Gasteiger partial charge in [0.1, 0.15) is 5.75 Å². The van der Waals surface area contributed by atoms with Gasteiger partial charge in [0.15, 0.2) is 20.8 Å². The number of hydrogen-bond acceptors (Lipinski definition) is 6. The highest BCUT2D eigenvalue weighted by atomic mass is 35.5. The molecule has 0 aliphatic carbocycles. The predicted molar refractivity (Wildman–Crippen MR) is 148 cm³/mol. The highest BCUT2D eigenvalue weighted by Gasteiger charge is 2.26. The van der Waals surface area contributed by atoms with E-state index in [-0.39, 0.29) is 22.4 Å². The zero-order valence-electron chi connectivity index (χ0n) is 20.1. The van der Waals surface area contributed by atoms with Crippen molar-refractivity contribution in [2.24, 2.45) is 0 Å². The van der Waals surface area contributed by atoms with Crippen LogP contribution in [0.15, 0.2) is 82.8 Å². The summed E-state index contributed by atoms with van der Waals surface area (Å²) in [6, 6.07) is 20.8. The van der Waals surface area contributed by atoms with E-state index in [1.165, 1.54) is 11.8 Å². The molecule has 0 saturated carbocycles. The molecule has 1 amide bonds. The fraction of sp³-hybridized carbons (Fsp3) is 0.192. The number of para-hydroxylation sites is 1. The normalized spacial score (nSPS) is 12.3. The Labute approximate surface area is 230 Å². The fourth-order valence-electron chi connectivity index (χ4n) is 3.55. The lowest BCUT2D eigenvalue weighted by atomic mass is 10.2. The summed E-state index contributed by atoms with van der Waals surface area (Å²) in [6.07, 6.45) is 0.496. The van der Waals surface area contributed by atoms with Gasteiger partial charge in [0.25, 0.3) is 0 Å². The van der Waals surface area contributed by atoms with Crippen LogP contribution in [0.2, 0.25) is 10.0 Å². The average Bonchev–Trinajstić information content (AvgIpc) is 3.26. The maximum atomic E-state index is 13.2. The van der Waals surface area contributed by atoms with E-state index in [1.807, 2.05) is 44.2 Å². The maximum absolute atomic E-state index is 13.2. The Morgan fingerprint density at radius 3 is 2.35 bits per heavy atom. The van der Waals surface area contributed by atoms with Crippen molar-refractivity contribution in [3.8, 4) is 5.69 Å². The number of aromatic nitrogens is 3. The summed E-state index contributed by atoms with van der Waals surface area (Å²) in [5.41, 5.74) is 2.19. The Morgan fingerprint density at radius 1 is 1.00 bits per heavy atom. The van der Waals surface area contributed by atoms with Crippen LogP contribution in [-0.4, -0.2) is 34.3 Å². The van der Waals surface area contributed by atoms with Gasteiger partial charge in [-0.2, -0.15) is 0 Å². The highest BCUT2D eigenvalue weighted by molar-refractivity contribution is 8.00. The third kappa shape index (κ3) is 6.54. The summed E-state index contributed by atoms with van der Waals surface area (Å²) in [5, 5.41) is 12.0. The third-order valence-corrected chi connectivity index (χ3v) is 9.19. The van der Waals surface area contributed by atoms with Crippen molar-refractivity contribution in [1.82, 2.24) is 14.8 Å². The van der Waals surface area contributed by atoms with Crippen LogP contribution in [0.3, 0.4) is 0 Å². The van der Waals surface area contributed by atoms with Crippen LogP contribution in [-0.2, 0) is 20.4 Å². The number of nitrogens with one attached hydrogen (secondary N) is 1. The van der Waals surface area contributed by atoms with Gasteiger partial charge in [-0.1, -0.05) is 77.8 Å². The number of thioether (sulfide) groups is 1. The van der Waals surface area contributed by atoms with Crippen LogP contribution in [0.1, 0.15) is 24.7 Å². The molecule has 0 saturated heterocycles. The summed E-state index contributed by atoms with van der Waals surface area (Å²) in [6.45, 7) is 3.78. The summed E-state index contributed by atoms with van der Waals surface area (Å²) in [5.74, 6) is -0.332. The first kappa shape index (κ1) is 27.2. The van der Waals surface area contributed by atoms with Gasteiger partial charge in [-0.25, -0.2) is 8.42 Å². The maximum Gasteiger partial charge on any atom is 0.237 e. The fourth-order valence-corrected chi connectivity index (χ4v) is 6.09. The van der Waals surface area contributed by atoms with Crippen molar-refractivity contribution in [2.45, 2.75) is 41.3 Å². The monoisotopic (exact) mass is 574 g/mol. The van der Waals surface area contributed by atoms with E-state index >= 15 is 0 Å². The zero-order valence-corrected chi connectivity index (χ0v) is 23.2. The van der Waals surface area contributed by atoms with Gasteiger partial charge in [0.2, 0.25) is 5.91 Å². The molecule has 37 heavy (non-hydrogen) atoms. The van der Waals surface area contributed by atoms with Crippen molar-refractivity contribution in [3.63, 3.8) is 0 Å². The lowest BCUT2D eigenvalue weighted by molar-refractivity contribution is -0.115. The number of amides is 1. The lowest BCUT2D eigenvalue weighted by Gasteiger charge is -2.16. The summed E-state index contributed by atoms with van der Waals surface area (Å²) < 4.78 is 28.0. The second-order valence-corrected chi connectivity index (χ2v) is 12.2. The number of rotatable bonds is 9. The number of sulfone groups is 1. The SMILES string of the molecule is CCC(Sc1nnc(CS(=O)(=O)c2ccc(C)cc2)n1-c1ccccc1)C(=O)Nc1ccc(Cl)c(Cl)c1. The van der Waals surface area contributed by atoms with Crippen LogP contribution in [0.25, 0.3) is 5.69 Å². The summed E-state index contributed by atoms with van der Waals surface area (Å²) in [7, 11) is -3.68. The number of benzene rings is 3. The number of hydrogen-bond donors (Lipinski definition) is 1. The minimum absolute atomic E-state index is 0.211. The van der Waals surface area contributed by atoms with Gasteiger partial charge >= 0.3 is 0 Å². The number of aryl methyl sites for hydroxylation is 1. The molecule has 7 nitrogen and oxygen atoms in total. The number of carbonyl (C=O) groups excluding carboxylic acids is 1. The van der Waals surface area contributed by atoms with E-state index in [0.29, 0.717) is 33.0 Å². The highest BCUT2D eigenvalue weighted by Crippen LogP contribution is 2.31. The largest absolute Gasteiger partial charge is 0.325 e. The smallest absolute Gasteiger partial charge is 0.237 e. The van der Waals surface area contributed by atoms with E-state index in [0.717, 1.165) is 5.56 Å². The summed E-state index contributed by atoms with van der Waals surface area (Å²) >= 11 is 13.3. The molecule has 4 aromatic rings. The van der Waals surface area contributed by atoms with E-state index in [2.05, 4.69) is 15.5 Å². The molecule has 1 N–H and O–H groups in total. The second-order valence-electron chi connectivity index (χ2n) is 8.27. The molecule has 1 aromatic heterocycles. The number of carbonyl (C=O) groups is 1. The zero-order chi connectivity index (χ0) is 26.6. The van der Waals surface area contributed by atoms with Crippen LogP contribution >= 0.6 is 35.0 Å². The molecule has 1 atom stereocenters. The lowest BCUT2D eigenvalue weighted by Crippen LogP contribution is -2.25. The van der Waals surface area contributed by atoms with Crippen LogP contribution < -0.4 is 5.32 Å². The molecule has 4 rings (SSSR count). The Bertz CT molecular complexity index is 1510. The average molecular weight is 576 g/mol. The Kier molecular flexibility index (Phi) is 8.59. The van der Waals surface area contributed by atoms with Crippen LogP contribution in [0.4, 0.5) is 5.69 Å². The van der Waals surface area contributed by atoms with Crippen molar-refractivity contribution in [3.05, 3.63) is 94.2 Å². The van der Waals surface area contributed by atoms with Gasteiger partial charge in [-0.15, -0.1) is 10.2 Å². The molecule has 0 fully saturated rings. The van der Waals surface area contributed by atoms with E-state index in [9.17, 15) is 13.2 Å². The minimum atomic E-state index is -3.68. The van der Waals surface area contributed by atoms with Crippen LogP contribution in [0, 0.1) is 6.92 Å². The second kappa shape index (κ2) is 11.7. The summed E-state index contributed by atoms with van der Waals surface area (Å²) in [4.78, 5) is 13.3. The van der Waals surface area contributed by atoms with E-state index < -0.39 is 15.1 Å². The molecule has 0 spiro atoms. The van der Waals surface area contributed by atoms with Crippen molar-refractivity contribution >= 4 is 56.4 Å². The van der Waals surface area contributed by atoms with E-state index in [4.69, 9.17) is 23.2 Å². The van der Waals surface area contributed by atoms with Crippen molar-refractivity contribution < 1.29 is 13.2 Å². The third-order valence-electron chi connectivity index (χ3n) is 5.51. The molecular formula is C26H24Cl2N4O3S2. The van der Waals surface area contributed by atoms with Gasteiger partial charge < -0.3 is 5.32 Å². The van der Waals surface area contributed by atoms with Crippen LogP contribution in [0.5, 0.6) is 0 Å². The molecule has 0 radical (unpaired) electrons. The van der Waals surface area contributed by atoms with Gasteiger partial charge in [0.05, 0.1) is 20.2 Å². The standard InChI is InChI=1S/C26H24Cl2N4O3S2/c1-3-23(25(33)29-18-11-14-21(27)22(28)15-18)36-26-31-30-24(32(26)19-7-5-4-6-8-19)16-37(34,35)20-12-9-17(2)10-13-20/h4-15,23H,3,16H2,1-2H3,(H,29,33).